The molecule has 0 radical (unpaired) electrons. The summed E-state index contributed by atoms with van der Waals surface area (Å²) in [5.74, 6) is -0.113. The van der Waals surface area contributed by atoms with Crippen LogP contribution in [0.15, 0.2) is 40.1 Å². The van der Waals surface area contributed by atoms with Gasteiger partial charge in [0.25, 0.3) is 0 Å². The summed E-state index contributed by atoms with van der Waals surface area (Å²) in [6.45, 7) is 5.85. The first kappa shape index (κ1) is 18.7. The lowest BCUT2D eigenvalue weighted by molar-refractivity contribution is -0.118. The zero-order valence-electron chi connectivity index (χ0n) is 15.1. The summed E-state index contributed by atoms with van der Waals surface area (Å²) >= 11 is 3.52. The molecular formula is C20H22BrNO4. The summed E-state index contributed by atoms with van der Waals surface area (Å²) in [5.41, 5.74) is 1.45. The van der Waals surface area contributed by atoms with Crippen LogP contribution in [0.3, 0.4) is 0 Å². The number of halogens is 1. The number of amides is 1. The van der Waals surface area contributed by atoms with Crippen LogP contribution in [-0.4, -0.2) is 29.6 Å². The van der Waals surface area contributed by atoms with Crippen LogP contribution in [0.5, 0.6) is 0 Å². The van der Waals surface area contributed by atoms with Gasteiger partial charge in [-0.1, -0.05) is 48.0 Å². The number of aliphatic hydroxyl groups excluding tert-OH is 1. The Hall–Kier alpha value is -2.08. The quantitative estimate of drug-likeness (QED) is 0.734. The Morgan fingerprint density at radius 3 is 2.69 bits per heavy atom. The molecule has 6 heteroatoms. The molecule has 2 aliphatic rings. The lowest BCUT2D eigenvalue weighted by Crippen LogP contribution is -2.47. The summed E-state index contributed by atoms with van der Waals surface area (Å²) in [4.78, 5) is 27.0. The number of hydrogen-bond acceptors (Lipinski definition) is 4. The van der Waals surface area contributed by atoms with Crippen LogP contribution in [0.1, 0.15) is 39.2 Å². The van der Waals surface area contributed by atoms with Crippen molar-refractivity contribution in [3.63, 3.8) is 0 Å². The molecule has 0 saturated heterocycles. The van der Waals surface area contributed by atoms with Gasteiger partial charge in [-0.15, -0.1) is 0 Å². The molecule has 0 aromatic heterocycles. The Kier molecular flexibility index (Phi) is 4.97. The number of allylic oxidation sites excluding steroid dienone is 1. The van der Waals surface area contributed by atoms with Crippen molar-refractivity contribution in [3.05, 3.63) is 45.6 Å². The van der Waals surface area contributed by atoms with Crippen molar-refractivity contribution in [1.29, 1.82) is 0 Å². The first-order chi connectivity index (χ1) is 12.2. The van der Waals surface area contributed by atoms with E-state index in [0.717, 1.165) is 5.56 Å². The van der Waals surface area contributed by atoms with E-state index in [2.05, 4.69) is 15.9 Å². The summed E-state index contributed by atoms with van der Waals surface area (Å²) in [7, 11) is 0. The predicted octanol–water partition coefficient (Wildman–Crippen LogP) is 4.97. The number of carbonyl (C=O) groups excluding carboxylic acids is 2. The van der Waals surface area contributed by atoms with Gasteiger partial charge >= 0.3 is 6.09 Å². The van der Waals surface area contributed by atoms with E-state index in [1.54, 1.807) is 6.92 Å². The third kappa shape index (κ3) is 3.30. The molecule has 1 aliphatic heterocycles. The van der Waals surface area contributed by atoms with E-state index in [1.807, 2.05) is 44.2 Å². The molecule has 1 atom stereocenters. The number of ether oxygens (including phenoxy) is 1. The number of ketones is 1. The van der Waals surface area contributed by atoms with Gasteiger partial charge in [-0.3, -0.25) is 9.69 Å². The topological polar surface area (TPSA) is 66.8 Å². The molecule has 1 amide bonds. The normalized spacial score (nSPS) is 22.0. The maximum atomic E-state index is 12.9. The smallest absolute Gasteiger partial charge is 0.415 e. The Morgan fingerprint density at radius 1 is 1.35 bits per heavy atom. The van der Waals surface area contributed by atoms with E-state index >= 15 is 0 Å². The predicted molar refractivity (Wildman–Crippen MR) is 104 cm³/mol. The Balaban J connectivity index is 2.16. The second-order valence-electron chi connectivity index (χ2n) is 7.36. The van der Waals surface area contributed by atoms with Crippen molar-refractivity contribution >= 4 is 39.6 Å². The molecule has 0 saturated carbocycles. The average molecular weight is 420 g/mol. The van der Waals surface area contributed by atoms with Crippen LogP contribution < -0.4 is 4.90 Å². The number of carbonyl (C=O) groups is 2. The monoisotopic (exact) mass is 419 g/mol. The molecule has 0 bridgehead atoms. The molecule has 5 nitrogen and oxygen atoms in total. The van der Waals surface area contributed by atoms with Gasteiger partial charge in [0.2, 0.25) is 0 Å². The molecule has 0 fully saturated rings. The van der Waals surface area contributed by atoms with Crippen molar-refractivity contribution in [1.82, 2.24) is 0 Å². The fourth-order valence-corrected chi connectivity index (χ4v) is 4.28. The van der Waals surface area contributed by atoms with E-state index < -0.39 is 12.1 Å². The second kappa shape index (κ2) is 6.91. The maximum Gasteiger partial charge on any atom is 0.415 e. The van der Waals surface area contributed by atoms with Crippen LogP contribution in [0.2, 0.25) is 0 Å². The number of nitrogens with zero attached hydrogens (tertiary/aromatic N) is 1. The number of aliphatic hydroxyl groups is 1. The van der Waals surface area contributed by atoms with Gasteiger partial charge in [-0.05, 0) is 30.0 Å². The summed E-state index contributed by atoms with van der Waals surface area (Å²) in [6.07, 6.45) is 2.04. The zero-order valence-corrected chi connectivity index (χ0v) is 16.7. The van der Waals surface area contributed by atoms with E-state index in [-0.39, 0.29) is 29.1 Å². The summed E-state index contributed by atoms with van der Waals surface area (Å²) < 4.78 is 5.88. The van der Waals surface area contributed by atoms with Crippen molar-refractivity contribution < 1.29 is 19.4 Å². The highest BCUT2D eigenvalue weighted by atomic mass is 79.9. The molecule has 1 heterocycles. The van der Waals surface area contributed by atoms with E-state index in [1.165, 1.54) is 4.90 Å². The van der Waals surface area contributed by atoms with Gasteiger partial charge in [0.15, 0.2) is 5.78 Å². The van der Waals surface area contributed by atoms with Gasteiger partial charge in [-0.2, -0.15) is 0 Å². The maximum absolute atomic E-state index is 12.9. The summed E-state index contributed by atoms with van der Waals surface area (Å²) in [5, 5.41) is 10.7. The Bertz CT molecular complexity index is 825. The highest BCUT2D eigenvalue weighted by molar-refractivity contribution is 9.11. The number of anilines is 1. The minimum absolute atomic E-state index is 0.0373. The number of benzene rings is 1. The van der Waals surface area contributed by atoms with Crippen molar-refractivity contribution in [2.75, 3.05) is 11.5 Å². The van der Waals surface area contributed by atoms with E-state index in [9.17, 15) is 14.7 Å². The minimum Gasteiger partial charge on any atom is -0.512 e. The third-order valence-electron chi connectivity index (χ3n) is 4.64. The first-order valence-corrected chi connectivity index (χ1v) is 9.42. The van der Waals surface area contributed by atoms with Crippen molar-refractivity contribution in [2.24, 2.45) is 5.41 Å². The van der Waals surface area contributed by atoms with Gasteiger partial charge in [0.05, 0.1) is 17.9 Å². The van der Waals surface area contributed by atoms with Crippen LogP contribution in [0.25, 0.3) is 6.08 Å². The molecule has 1 aromatic rings. The minimum atomic E-state index is -0.729. The molecule has 1 aliphatic carbocycles. The fraction of sp³-hybridized carbons (Fsp3) is 0.400. The van der Waals surface area contributed by atoms with Gasteiger partial charge in [0.1, 0.15) is 11.8 Å². The number of fused-ring (bicyclic) bond motifs is 1. The van der Waals surface area contributed by atoms with Crippen LogP contribution >= 0.6 is 15.9 Å². The molecule has 1 aromatic carbocycles. The number of rotatable bonds is 2. The SMILES string of the molecule is CCOC(=O)N1c2ccccc2C=C(Br)C1C1=C(O)CC(C)(C)CC1=O. The fourth-order valence-electron chi connectivity index (χ4n) is 3.59. The van der Waals surface area contributed by atoms with Crippen LogP contribution in [-0.2, 0) is 9.53 Å². The van der Waals surface area contributed by atoms with Gasteiger partial charge < -0.3 is 9.84 Å². The van der Waals surface area contributed by atoms with Crippen molar-refractivity contribution in [3.8, 4) is 0 Å². The second-order valence-corrected chi connectivity index (χ2v) is 8.28. The third-order valence-corrected chi connectivity index (χ3v) is 5.31. The van der Waals surface area contributed by atoms with Gasteiger partial charge in [0, 0.05) is 17.3 Å². The lowest BCUT2D eigenvalue weighted by atomic mass is 9.74. The van der Waals surface area contributed by atoms with Crippen molar-refractivity contribution in [2.45, 2.75) is 39.7 Å². The number of para-hydroxylation sites is 1. The summed E-state index contributed by atoms with van der Waals surface area (Å²) in [6, 6.07) is 6.68. The van der Waals surface area contributed by atoms with Gasteiger partial charge in [-0.25, -0.2) is 4.79 Å². The number of Topliss-reactive ketones (excluding diaryl/α,β-unsaturated/α-hetero) is 1. The molecule has 26 heavy (non-hydrogen) atoms. The van der Waals surface area contributed by atoms with Crippen LogP contribution in [0, 0.1) is 5.41 Å². The zero-order chi connectivity index (χ0) is 19.1. The molecule has 1 N–H and O–H groups in total. The number of hydrogen-bond donors (Lipinski definition) is 1. The van der Waals surface area contributed by atoms with E-state index in [0.29, 0.717) is 23.0 Å². The molecule has 3 rings (SSSR count). The highest BCUT2D eigenvalue weighted by Crippen LogP contribution is 2.44. The first-order valence-electron chi connectivity index (χ1n) is 8.62. The Morgan fingerprint density at radius 2 is 2.04 bits per heavy atom. The van der Waals surface area contributed by atoms with E-state index in [4.69, 9.17) is 4.74 Å². The van der Waals surface area contributed by atoms with Crippen LogP contribution in [0.4, 0.5) is 10.5 Å². The largest absolute Gasteiger partial charge is 0.512 e. The standard InChI is InChI=1S/C20H22BrNO4/c1-4-26-19(25)22-14-8-6-5-7-12(14)9-13(21)18(22)17-15(23)10-20(2,3)11-16(17)24/h5-9,18,23H,4,10-11H2,1-3H3. The highest BCUT2D eigenvalue weighted by Gasteiger charge is 2.43. The molecule has 138 valence electrons. The molecule has 1 unspecified atom stereocenters. The molecular weight excluding hydrogens is 398 g/mol. The molecule has 0 spiro atoms. The lowest BCUT2D eigenvalue weighted by Gasteiger charge is -2.39. The Labute approximate surface area is 161 Å². The average Bonchev–Trinajstić information content (AvgIpc) is 2.53.